The molecule has 1 saturated heterocycles. The summed E-state index contributed by atoms with van der Waals surface area (Å²) in [6.07, 6.45) is 3.05. The Labute approximate surface area is 106 Å². The molecule has 5 nitrogen and oxygen atoms in total. The predicted molar refractivity (Wildman–Crippen MR) is 64.3 cm³/mol. The molecule has 1 atom stereocenters. The molecule has 2 heterocycles. The van der Waals surface area contributed by atoms with Gasteiger partial charge in [-0.1, -0.05) is 11.6 Å². The van der Waals surface area contributed by atoms with Crippen molar-refractivity contribution in [3.8, 4) is 0 Å². The lowest BCUT2D eigenvalue weighted by Gasteiger charge is -2.24. The Morgan fingerprint density at radius 3 is 3.06 bits per heavy atom. The first kappa shape index (κ1) is 11.6. The minimum atomic E-state index is -0.334. The van der Waals surface area contributed by atoms with E-state index in [2.05, 4.69) is 25.9 Å². The molecule has 1 unspecified atom stereocenters. The number of nitrogens with two attached hydrogens (primary N) is 1. The molecule has 1 aromatic rings. The third kappa shape index (κ3) is 1.99. The van der Waals surface area contributed by atoms with Crippen LogP contribution >= 0.6 is 27.5 Å². The summed E-state index contributed by atoms with van der Waals surface area (Å²) < 4.78 is 0.602. The van der Waals surface area contributed by atoms with E-state index in [9.17, 15) is 4.79 Å². The molecule has 86 valence electrons. The fourth-order valence-corrected chi connectivity index (χ4v) is 2.42. The van der Waals surface area contributed by atoms with Crippen LogP contribution in [0.2, 0.25) is 5.15 Å². The summed E-state index contributed by atoms with van der Waals surface area (Å²) in [4.78, 5) is 21.1. The topological polar surface area (TPSA) is 72.1 Å². The van der Waals surface area contributed by atoms with Gasteiger partial charge in [-0.15, -0.1) is 0 Å². The average molecular weight is 306 g/mol. The SMILES string of the molecule is NC(=O)C1CCCN1c1ncnc(Cl)c1Br. The Morgan fingerprint density at radius 1 is 1.62 bits per heavy atom. The van der Waals surface area contributed by atoms with Crippen LogP contribution in [0.25, 0.3) is 0 Å². The third-order valence-corrected chi connectivity index (χ3v) is 3.83. The summed E-state index contributed by atoms with van der Waals surface area (Å²) in [5, 5.41) is 0.333. The van der Waals surface area contributed by atoms with Gasteiger partial charge >= 0.3 is 0 Å². The van der Waals surface area contributed by atoms with Gasteiger partial charge in [0.2, 0.25) is 5.91 Å². The van der Waals surface area contributed by atoms with Crippen molar-refractivity contribution >= 4 is 39.3 Å². The monoisotopic (exact) mass is 304 g/mol. The number of aromatic nitrogens is 2. The van der Waals surface area contributed by atoms with E-state index in [-0.39, 0.29) is 11.9 Å². The molecule has 1 aliphatic heterocycles. The van der Waals surface area contributed by atoms with Crippen LogP contribution < -0.4 is 10.6 Å². The quantitative estimate of drug-likeness (QED) is 0.837. The van der Waals surface area contributed by atoms with Gasteiger partial charge in [0.1, 0.15) is 23.3 Å². The number of anilines is 1. The summed E-state index contributed by atoms with van der Waals surface area (Å²) in [7, 11) is 0. The Bertz CT molecular complexity index is 428. The second-order valence-corrected chi connectivity index (χ2v) is 4.71. The molecular formula is C9H10BrClN4O. The molecule has 7 heteroatoms. The first-order chi connectivity index (χ1) is 7.61. The molecule has 1 aromatic heterocycles. The normalized spacial score (nSPS) is 20.1. The van der Waals surface area contributed by atoms with Gasteiger partial charge in [-0.05, 0) is 28.8 Å². The molecular weight excluding hydrogens is 295 g/mol. The zero-order chi connectivity index (χ0) is 11.7. The highest BCUT2D eigenvalue weighted by Gasteiger charge is 2.31. The van der Waals surface area contributed by atoms with Gasteiger partial charge in [0.05, 0.1) is 4.47 Å². The van der Waals surface area contributed by atoms with Gasteiger partial charge < -0.3 is 10.6 Å². The van der Waals surface area contributed by atoms with E-state index in [0.29, 0.717) is 15.4 Å². The van der Waals surface area contributed by atoms with Crippen LogP contribution in [0.4, 0.5) is 5.82 Å². The summed E-state index contributed by atoms with van der Waals surface area (Å²) in [5.74, 6) is 0.292. The molecule has 0 aromatic carbocycles. The average Bonchev–Trinajstić information content (AvgIpc) is 2.70. The van der Waals surface area contributed by atoms with E-state index < -0.39 is 0 Å². The van der Waals surface area contributed by atoms with Crippen LogP contribution in [0.1, 0.15) is 12.8 Å². The van der Waals surface area contributed by atoms with Gasteiger partial charge in [0.25, 0.3) is 0 Å². The second kappa shape index (κ2) is 4.55. The van der Waals surface area contributed by atoms with E-state index in [4.69, 9.17) is 17.3 Å². The number of primary amides is 1. The number of hydrogen-bond acceptors (Lipinski definition) is 4. The molecule has 2 N–H and O–H groups in total. The zero-order valence-electron chi connectivity index (χ0n) is 8.36. The molecule has 1 fully saturated rings. The number of carbonyl (C=O) groups excluding carboxylic acids is 1. The van der Waals surface area contributed by atoms with Crippen LogP contribution in [0.15, 0.2) is 10.8 Å². The smallest absolute Gasteiger partial charge is 0.240 e. The summed E-state index contributed by atoms with van der Waals surface area (Å²) in [5.41, 5.74) is 5.34. The first-order valence-electron chi connectivity index (χ1n) is 4.83. The molecule has 0 radical (unpaired) electrons. The van der Waals surface area contributed by atoms with Crippen molar-refractivity contribution in [3.63, 3.8) is 0 Å². The molecule has 1 aliphatic rings. The lowest BCUT2D eigenvalue weighted by Crippen LogP contribution is -2.40. The number of hydrogen-bond donors (Lipinski definition) is 1. The highest BCUT2D eigenvalue weighted by atomic mass is 79.9. The van der Waals surface area contributed by atoms with E-state index >= 15 is 0 Å². The summed E-state index contributed by atoms with van der Waals surface area (Å²) >= 11 is 9.19. The van der Waals surface area contributed by atoms with Crippen molar-refractivity contribution in [3.05, 3.63) is 16.0 Å². The molecule has 0 spiro atoms. The van der Waals surface area contributed by atoms with Crippen molar-refractivity contribution in [1.29, 1.82) is 0 Å². The maximum Gasteiger partial charge on any atom is 0.240 e. The number of halogens is 2. The van der Waals surface area contributed by atoms with Crippen LogP contribution in [-0.2, 0) is 4.79 Å². The Hall–Kier alpha value is -0.880. The van der Waals surface area contributed by atoms with E-state index in [1.54, 1.807) is 0 Å². The summed E-state index contributed by atoms with van der Waals surface area (Å²) in [6, 6.07) is -0.303. The standard InChI is InChI=1S/C9H10BrClN4O/c10-6-7(11)13-4-14-9(6)15-3-1-2-5(15)8(12)16/h4-5H,1-3H2,(H2,12,16). The lowest BCUT2D eigenvalue weighted by molar-refractivity contribution is -0.119. The first-order valence-corrected chi connectivity index (χ1v) is 6.00. The highest BCUT2D eigenvalue weighted by molar-refractivity contribution is 9.10. The fourth-order valence-electron chi connectivity index (χ4n) is 1.86. The summed E-state index contributed by atoms with van der Waals surface area (Å²) in [6.45, 7) is 0.750. The number of rotatable bonds is 2. The van der Waals surface area contributed by atoms with Gasteiger partial charge in [0, 0.05) is 6.54 Å². The van der Waals surface area contributed by atoms with E-state index in [1.165, 1.54) is 6.33 Å². The fraction of sp³-hybridized carbons (Fsp3) is 0.444. The maximum atomic E-state index is 11.3. The molecule has 16 heavy (non-hydrogen) atoms. The van der Waals surface area contributed by atoms with Crippen molar-refractivity contribution in [2.75, 3.05) is 11.4 Å². The van der Waals surface area contributed by atoms with Gasteiger partial charge in [-0.3, -0.25) is 4.79 Å². The maximum absolute atomic E-state index is 11.3. The van der Waals surface area contributed by atoms with E-state index in [1.807, 2.05) is 4.90 Å². The molecule has 2 rings (SSSR count). The number of nitrogens with zero attached hydrogens (tertiary/aromatic N) is 3. The lowest BCUT2D eigenvalue weighted by atomic mass is 10.2. The predicted octanol–water partition coefficient (Wildman–Crippen LogP) is 1.35. The molecule has 1 amide bonds. The molecule has 0 bridgehead atoms. The van der Waals surface area contributed by atoms with Crippen molar-refractivity contribution in [1.82, 2.24) is 9.97 Å². The van der Waals surface area contributed by atoms with Gasteiger partial charge in [-0.2, -0.15) is 0 Å². The third-order valence-electron chi connectivity index (χ3n) is 2.58. The Morgan fingerprint density at radius 2 is 2.38 bits per heavy atom. The van der Waals surface area contributed by atoms with Gasteiger partial charge in [-0.25, -0.2) is 9.97 Å². The van der Waals surface area contributed by atoms with E-state index in [0.717, 1.165) is 19.4 Å². The largest absolute Gasteiger partial charge is 0.368 e. The van der Waals surface area contributed by atoms with Crippen molar-refractivity contribution < 1.29 is 4.79 Å². The number of carbonyl (C=O) groups is 1. The molecule has 0 saturated carbocycles. The van der Waals surface area contributed by atoms with Crippen molar-refractivity contribution in [2.24, 2.45) is 5.73 Å². The van der Waals surface area contributed by atoms with Crippen LogP contribution in [0.3, 0.4) is 0 Å². The van der Waals surface area contributed by atoms with Crippen LogP contribution in [0.5, 0.6) is 0 Å². The molecule has 0 aliphatic carbocycles. The van der Waals surface area contributed by atoms with Gasteiger partial charge in [0.15, 0.2) is 0 Å². The Balaban J connectivity index is 2.36. The zero-order valence-corrected chi connectivity index (χ0v) is 10.7. The van der Waals surface area contributed by atoms with Crippen LogP contribution in [0, 0.1) is 0 Å². The minimum Gasteiger partial charge on any atom is -0.368 e. The minimum absolute atomic E-state index is 0.303. The van der Waals surface area contributed by atoms with Crippen molar-refractivity contribution in [2.45, 2.75) is 18.9 Å². The Kier molecular flexibility index (Phi) is 3.30. The van der Waals surface area contributed by atoms with Crippen LogP contribution in [-0.4, -0.2) is 28.5 Å². The highest BCUT2D eigenvalue weighted by Crippen LogP contribution is 2.33. The number of amides is 1. The second-order valence-electron chi connectivity index (χ2n) is 3.56.